The van der Waals surface area contributed by atoms with Crippen LogP contribution in [0.5, 0.6) is 0 Å². The Morgan fingerprint density at radius 3 is 2.36 bits per heavy atom. The van der Waals surface area contributed by atoms with Gasteiger partial charge < -0.3 is 5.11 Å². The average molecular weight is 304 g/mol. The van der Waals surface area contributed by atoms with E-state index in [1.165, 1.54) is 24.3 Å². The van der Waals surface area contributed by atoms with Gasteiger partial charge in [-0.3, -0.25) is 0 Å². The maximum Gasteiger partial charge on any atom is 0.345 e. The van der Waals surface area contributed by atoms with E-state index in [-0.39, 0.29) is 16.3 Å². The minimum atomic E-state index is -2.60. The van der Waals surface area contributed by atoms with Crippen LogP contribution in [0.4, 0.5) is 13.2 Å². The lowest BCUT2D eigenvalue weighted by molar-refractivity contribution is -0.150. The summed E-state index contributed by atoms with van der Waals surface area (Å²) in [5, 5.41) is 10.2. The van der Waals surface area contributed by atoms with Crippen LogP contribution in [-0.4, -0.2) is 11.1 Å². The molecule has 2 nitrogen and oxygen atoms in total. The Morgan fingerprint density at radius 1 is 1.00 bits per heavy atom. The summed E-state index contributed by atoms with van der Waals surface area (Å²) in [6.45, 7) is 0.945. The first-order chi connectivity index (χ1) is 10.3. The van der Waals surface area contributed by atoms with E-state index in [2.05, 4.69) is 0 Å². The molecule has 1 unspecified atom stereocenters. The molecular formula is C17H11F3O2. The predicted molar refractivity (Wildman–Crippen MR) is 77.5 cm³/mol. The molecule has 0 saturated carbocycles. The van der Waals surface area contributed by atoms with Crippen LogP contribution < -0.4 is 0 Å². The number of benzene rings is 3. The maximum absolute atomic E-state index is 14.5. The molecule has 0 aliphatic rings. The van der Waals surface area contributed by atoms with E-state index in [1.807, 2.05) is 0 Å². The van der Waals surface area contributed by atoms with Gasteiger partial charge in [-0.15, -0.1) is 0 Å². The summed E-state index contributed by atoms with van der Waals surface area (Å²) in [5.41, 5.74) is -2.65. The first-order valence-corrected chi connectivity index (χ1v) is 6.55. The highest BCUT2D eigenvalue weighted by Gasteiger charge is 2.36. The van der Waals surface area contributed by atoms with Crippen LogP contribution in [0.2, 0.25) is 0 Å². The molecule has 3 aromatic rings. The molecule has 0 saturated heterocycles. The van der Waals surface area contributed by atoms with Gasteiger partial charge in [0.2, 0.25) is 5.67 Å². The van der Waals surface area contributed by atoms with Crippen molar-refractivity contribution in [3.05, 3.63) is 59.7 Å². The number of hydrogen-bond donors (Lipinski definition) is 1. The monoisotopic (exact) mass is 304 g/mol. The van der Waals surface area contributed by atoms with Gasteiger partial charge in [-0.1, -0.05) is 30.3 Å². The van der Waals surface area contributed by atoms with E-state index in [0.29, 0.717) is 10.8 Å². The summed E-state index contributed by atoms with van der Waals surface area (Å²) in [6.07, 6.45) is 0. The van der Waals surface area contributed by atoms with Crippen LogP contribution in [0, 0.1) is 11.6 Å². The second-order valence-electron chi connectivity index (χ2n) is 5.26. The van der Waals surface area contributed by atoms with Crippen molar-refractivity contribution in [2.75, 3.05) is 0 Å². The Hall–Kier alpha value is -2.56. The number of carboxylic acid groups (broad SMARTS) is 1. The maximum atomic E-state index is 14.5. The number of aliphatic carboxylic acids is 1. The molecule has 0 aliphatic heterocycles. The van der Waals surface area contributed by atoms with Crippen molar-refractivity contribution in [1.29, 1.82) is 0 Å². The van der Waals surface area contributed by atoms with E-state index in [4.69, 9.17) is 5.11 Å². The number of hydrogen-bond acceptors (Lipinski definition) is 1. The van der Waals surface area contributed by atoms with E-state index >= 15 is 0 Å². The molecule has 0 aromatic heterocycles. The fraction of sp³-hybridized carbons (Fsp3) is 0.118. The van der Waals surface area contributed by atoms with Crippen LogP contribution in [0.3, 0.4) is 0 Å². The van der Waals surface area contributed by atoms with Crippen LogP contribution in [0.1, 0.15) is 12.5 Å². The average Bonchev–Trinajstić information content (AvgIpc) is 2.45. The summed E-state index contributed by atoms with van der Waals surface area (Å²) in [4.78, 5) is 11.1. The van der Waals surface area contributed by atoms with Crippen LogP contribution in [0.25, 0.3) is 21.5 Å². The summed E-state index contributed by atoms with van der Waals surface area (Å²) in [7, 11) is 0. The van der Waals surface area contributed by atoms with Gasteiger partial charge in [0.15, 0.2) is 0 Å². The summed E-state index contributed by atoms with van der Waals surface area (Å²) >= 11 is 0. The van der Waals surface area contributed by atoms with Crippen molar-refractivity contribution < 1.29 is 23.1 Å². The third-order valence-electron chi connectivity index (χ3n) is 3.81. The quantitative estimate of drug-likeness (QED) is 0.706. The molecule has 1 N–H and O–H groups in total. The highest BCUT2D eigenvalue weighted by molar-refractivity contribution is 6.09. The molecule has 0 heterocycles. The minimum Gasteiger partial charge on any atom is -0.479 e. The Bertz CT molecular complexity index is 917. The molecule has 3 rings (SSSR count). The lowest BCUT2D eigenvalue weighted by Crippen LogP contribution is -2.27. The number of carboxylic acids is 1. The van der Waals surface area contributed by atoms with Crippen molar-refractivity contribution in [3.63, 3.8) is 0 Å². The highest BCUT2D eigenvalue weighted by Crippen LogP contribution is 2.36. The van der Waals surface area contributed by atoms with Gasteiger partial charge in [0.25, 0.3) is 0 Å². The van der Waals surface area contributed by atoms with E-state index < -0.39 is 23.3 Å². The van der Waals surface area contributed by atoms with Gasteiger partial charge in [-0.2, -0.15) is 0 Å². The zero-order valence-corrected chi connectivity index (χ0v) is 11.5. The van der Waals surface area contributed by atoms with Gasteiger partial charge in [0, 0.05) is 17.0 Å². The predicted octanol–water partition coefficient (Wildman–Crippen LogP) is 4.54. The number of rotatable bonds is 2. The largest absolute Gasteiger partial charge is 0.479 e. The molecule has 5 heteroatoms. The van der Waals surface area contributed by atoms with Crippen LogP contribution in [-0.2, 0) is 10.5 Å². The standard InChI is InChI=1S/C17H11F3O2/c1-17(20,16(21)22)14-4-2-3-10-11(14)5-6-12-13(10)7-9(18)8-15(12)19/h2-8H,1H3,(H,21,22). The second-order valence-corrected chi connectivity index (χ2v) is 5.26. The van der Waals surface area contributed by atoms with Gasteiger partial charge in [-0.05, 0) is 29.1 Å². The van der Waals surface area contributed by atoms with Gasteiger partial charge >= 0.3 is 5.97 Å². The number of alkyl halides is 1. The fourth-order valence-corrected chi connectivity index (χ4v) is 2.65. The Morgan fingerprint density at radius 2 is 1.68 bits per heavy atom. The summed E-state index contributed by atoms with van der Waals surface area (Å²) in [5.74, 6) is -3.08. The molecule has 22 heavy (non-hydrogen) atoms. The normalized spacial score (nSPS) is 14.2. The van der Waals surface area contributed by atoms with E-state index in [1.54, 1.807) is 6.07 Å². The molecule has 0 aliphatic carbocycles. The highest BCUT2D eigenvalue weighted by atomic mass is 19.1. The zero-order chi connectivity index (χ0) is 16.1. The molecule has 0 bridgehead atoms. The lowest BCUT2D eigenvalue weighted by Gasteiger charge is -2.18. The van der Waals surface area contributed by atoms with E-state index in [0.717, 1.165) is 19.1 Å². The Kier molecular flexibility index (Phi) is 3.09. The van der Waals surface area contributed by atoms with Gasteiger partial charge in [0.1, 0.15) is 11.6 Å². The zero-order valence-electron chi connectivity index (χ0n) is 11.5. The van der Waals surface area contributed by atoms with Crippen molar-refractivity contribution in [2.45, 2.75) is 12.6 Å². The SMILES string of the molecule is CC(F)(C(=O)O)c1cccc2c1ccc1c(F)cc(F)cc12. The molecule has 1 atom stereocenters. The van der Waals surface area contributed by atoms with Gasteiger partial charge in [-0.25, -0.2) is 18.0 Å². The molecule has 0 fully saturated rings. The molecule has 112 valence electrons. The van der Waals surface area contributed by atoms with Crippen LogP contribution >= 0.6 is 0 Å². The first-order valence-electron chi connectivity index (χ1n) is 6.55. The topological polar surface area (TPSA) is 37.3 Å². The van der Waals surface area contributed by atoms with Crippen molar-refractivity contribution in [1.82, 2.24) is 0 Å². The number of carbonyl (C=O) groups is 1. The lowest BCUT2D eigenvalue weighted by atomic mass is 9.90. The molecule has 0 spiro atoms. The van der Waals surface area contributed by atoms with Crippen molar-refractivity contribution >= 4 is 27.5 Å². The van der Waals surface area contributed by atoms with Gasteiger partial charge in [0.05, 0.1) is 0 Å². The fourth-order valence-electron chi connectivity index (χ4n) is 2.65. The molecule has 3 aromatic carbocycles. The van der Waals surface area contributed by atoms with Crippen LogP contribution in [0.15, 0.2) is 42.5 Å². The van der Waals surface area contributed by atoms with Crippen molar-refractivity contribution in [2.24, 2.45) is 0 Å². The third kappa shape index (κ3) is 2.01. The number of halogens is 3. The molecule has 0 radical (unpaired) electrons. The number of fused-ring (bicyclic) bond motifs is 3. The Labute approximate surface area is 123 Å². The molecule has 0 amide bonds. The first kappa shape index (κ1) is 14.4. The summed E-state index contributed by atoms with van der Waals surface area (Å²) in [6, 6.07) is 9.19. The van der Waals surface area contributed by atoms with Crippen molar-refractivity contribution in [3.8, 4) is 0 Å². The second kappa shape index (κ2) is 4.73. The minimum absolute atomic E-state index is 0.0518. The summed E-state index contributed by atoms with van der Waals surface area (Å²) < 4.78 is 41.8. The Balaban J connectivity index is 2.46. The third-order valence-corrected chi connectivity index (χ3v) is 3.81. The smallest absolute Gasteiger partial charge is 0.345 e. The molecular weight excluding hydrogens is 293 g/mol. The van der Waals surface area contributed by atoms with E-state index in [9.17, 15) is 18.0 Å².